The summed E-state index contributed by atoms with van der Waals surface area (Å²) in [7, 11) is 4.43. The van der Waals surface area contributed by atoms with Crippen LogP contribution in [0.25, 0.3) is 0 Å². The molecule has 0 spiro atoms. The maximum atomic E-state index is 10.7. The van der Waals surface area contributed by atoms with Gasteiger partial charge in [0.05, 0.1) is 20.6 Å². The van der Waals surface area contributed by atoms with E-state index in [9.17, 15) is 4.79 Å². The molecule has 0 aliphatic rings. The van der Waals surface area contributed by atoms with Crippen molar-refractivity contribution in [1.29, 1.82) is 0 Å². The predicted molar refractivity (Wildman–Crippen MR) is 81.1 cm³/mol. The van der Waals surface area contributed by atoms with E-state index < -0.39 is 0 Å². The number of ether oxygens (including phenoxy) is 1. The van der Waals surface area contributed by atoms with Gasteiger partial charge < -0.3 is 26.2 Å². The maximum absolute atomic E-state index is 10.7. The summed E-state index contributed by atoms with van der Waals surface area (Å²) in [4.78, 5) is 10.7. The van der Waals surface area contributed by atoms with Crippen LogP contribution in [0.2, 0.25) is 0 Å². The van der Waals surface area contributed by atoms with Crippen LogP contribution in [0.1, 0.15) is 65.2 Å². The largest absolute Gasteiger partial charge is 1.00 e. The molecule has 0 aromatic carbocycles. The average molecular weight is 352 g/mol. The van der Waals surface area contributed by atoms with Crippen LogP contribution in [0.4, 0.5) is 0 Å². The van der Waals surface area contributed by atoms with Crippen molar-refractivity contribution in [3.05, 3.63) is 0 Å². The van der Waals surface area contributed by atoms with Gasteiger partial charge in [-0.05, 0) is 12.8 Å². The molecule has 0 radical (unpaired) electrons. The van der Waals surface area contributed by atoms with Crippen molar-refractivity contribution >= 4 is 5.97 Å². The summed E-state index contributed by atoms with van der Waals surface area (Å²) in [6, 6.07) is 0. The molecular formula is C16H34BrNO2. The van der Waals surface area contributed by atoms with E-state index in [2.05, 4.69) is 21.0 Å². The number of carbonyl (C=O) groups excluding carboxylic acids is 1. The minimum atomic E-state index is -0.174. The molecule has 3 nitrogen and oxygen atoms in total. The fourth-order valence-electron chi connectivity index (χ4n) is 2.22. The number of halogens is 1. The third-order valence-electron chi connectivity index (χ3n) is 3.62. The number of hydrogen-bond donors (Lipinski definition) is 0. The zero-order chi connectivity index (χ0) is 14.6. The highest BCUT2D eigenvalue weighted by Gasteiger charge is 2.14. The van der Waals surface area contributed by atoms with Gasteiger partial charge in [0.2, 0.25) is 0 Å². The van der Waals surface area contributed by atoms with Crippen LogP contribution >= 0.6 is 0 Å². The van der Waals surface area contributed by atoms with Crippen molar-refractivity contribution in [3.8, 4) is 0 Å². The van der Waals surface area contributed by atoms with Crippen LogP contribution in [-0.4, -0.2) is 44.2 Å². The topological polar surface area (TPSA) is 26.3 Å². The Morgan fingerprint density at radius 3 is 1.90 bits per heavy atom. The minimum absolute atomic E-state index is 0. The first kappa shape index (κ1) is 22.2. The van der Waals surface area contributed by atoms with E-state index in [1.807, 2.05) is 0 Å². The van der Waals surface area contributed by atoms with Crippen LogP contribution in [-0.2, 0) is 9.53 Å². The molecule has 0 saturated heterocycles. The summed E-state index contributed by atoms with van der Waals surface area (Å²) in [6.45, 7) is 6.36. The summed E-state index contributed by atoms with van der Waals surface area (Å²) >= 11 is 0. The van der Waals surface area contributed by atoms with E-state index in [1.165, 1.54) is 64.8 Å². The van der Waals surface area contributed by atoms with Crippen LogP contribution in [0.15, 0.2) is 0 Å². The number of unbranched alkanes of at least 4 members (excludes halogenated alkanes) is 7. The van der Waals surface area contributed by atoms with E-state index in [0.717, 1.165) is 11.0 Å². The number of likely N-dealkylation sites (N-methyl/N-ethyl adjacent to an activating group) is 1. The fourth-order valence-corrected chi connectivity index (χ4v) is 2.22. The van der Waals surface area contributed by atoms with Gasteiger partial charge in [-0.1, -0.05) is 45.4 Å². The van der Waals surface area contributed by atoms with Gasteiger partial charge in [-0.3, -0.25) is 4.79 Å². The lowest BCUT2D eigenvalue weighted by atomic mass is 10.1. The van der Waals surface area contributed by atoms with Crippen LogP contribution in [0.3, 0.4) is 0 Å². The Kier molecular flexibility index (Phi) is 15.4. The lowest BCUT2D eigenvalue weighted by molar-refractivity contribution is -0.890. The summed E-state index contributed by atoms with van der Waals surface area (Å²) in [6.07, 6.45) is 10.9. The fraction of sp³-hybridized carbons (Fsp3) is 0.938. The Balaban J connectivity index is 0. The van der Waals surface area contributed by atoms with E-state index >= 15 is 0 Å². The second-order valence-electron chi connectivity index (χ2n) is 6.20. The van der Waals surface area contributed by atoms with Crippen LogP contribution < -0.4 is 17.0 Å². The lowest BCUT2D eigenvalue weighted by Crippen LogP contribution is -3.00. The van der Waals surface area contributed by atoms with Gasteiger partial charge in [-0.25, -0.2) is 0 Å². The molecule has 0 aromatic rings. The number of esters is 1. The van der Waals surface area contributed by atoms with E-state index in [0.29, 0.717) is 6.61 Å². The average Bonchev–Trinajstić information content (AvgIpc) is 2.31. The maximum Gasteiger partial charge on any atom is 0.302 e. The minimum Gasteiger partial charge on any atom is -1.00 e. The molecule has 0 atom stereocenters. The highest BCUT2D eigenvalue weighted by atomic mass is 79.9. The molecule has 0 bridgehead atoms. The van der Waals surface area contributed by atoms with Gasteiger partial charge in [-0.2, -0.15) is 0 Å². The molecule has 0 aliphatic carbocycles. The quantitative estimate of drug-likeness (QED) is 0.295. The Bertz CT molecular complexity index is 233. The van der Waals surface area contributed by atoms with Gasteiger partial charge in [0.1, 0.15) is 13.2 Å². The molecule has 0 saturated carbocycles. The van der Waals surface area contributed by atoms with E-state index in [1.54, 1.807) is 0 Å². The molecule has 0 N–H and O–H groups in total. The molecule has 122 valence electrons. The summed E-state index contributed by atoms with van der Waals surface area (Å²) in [5, 5.41) is 0. The van der Waals surface area contributed by atoms with Crippen molar-refractivity contribution in [1.82, 2.24) is 0 Å². The van der Waals surface area contributed by atoms with Crippen molar-refractivity contribution in [2.75, 3.05) is 33.8 Å². The van der Waals surface area contributed by atoms with Gasteiger partial charge in [0, 0.05) is 6.92 Å². The van der Waals surface area contributed by atoms with Gasteiger partial charge in [0.25, 0.3) is 0 Å². The van der Waals surface area contributed by atoms with E-state index in [-0.39, 0.29) is 23.0 Å². The normalized spacial score (nSPS) is 11.0. The number of rotatable bonds is 12. The third kappa shape index (κ3) is 16.0. The Morgan fingerprint density at radius 1 is 0.900 bits per heavy atom. The monoisotopic (exact) mass is 351 g/mol. The highest BCUT2D eigenvalue weighted by Crippen LogP contribution is 2.10. The van der Waals surface area contributed by atoms with Crippen LogP contribution in [0, 0.1) is 0 Å². The molecule has 0 unspecified atom stereocenters. The molecule has 4 heteroatoms. The first-order valence-electron chi connectivity index (χ1n) is 7.93. The number of hydrogen-bond acceptors (Lipinski definition) is 2. The first-order valence-corrected chi connectivity index (χ1v) is 7.93. The van der Waals surface area contributed by atoms with Crippen molar-refractivity contribution < 1.29 is 31.0 Å². The standard InChI is InChI=1S/C16H34NO2.BrH/c1-5-6-7-8-9-10-11-12-13-17(3,4)14-15-19-16(2)18;/h5-15H2,1-4H3;1H/q+1;/p-1. The predicted octanol–water partition coefficient (Wildman–Crippen LogP) is 0.771. The third-order valence-corrected chi connectivity index (χ3v) is 3.62. The molecular weight excluding hydrogens is 318 g/mol. The first-order chi connectivity index (χ1) is 8.98. The Morgan fingerprint density at radius 2 is 1.40 bits per heavy atom. The molecule has 0 aromatic heterocycles. The zero-order valence-electron chi connectivity index (χ0n) is 13.9. The SMILES string of the molecule is CCCCCCCCCC[N+](C)(C)CCOC(C)=O.[Br-]. The van der Waals surface area contributed by atoms with Crippen LogP contribution in [0.5, 0.6) is 0 Å². The van der Waals surface area contributed by atoms with Gasteiger partial charge in [0.15, 0.2) is 0 Å². The molecule has 0 heterocycles. The van der Waals surface area contributed by atoms with E-state index in [4.69, 9.17) is 4.74 Å². The molecule has 0 amide bonds. The summed E-state index contributed by atoms with van der Waals surface area (Å²) < 4.78 is 5.95. The molecule has 0 fully saturated rings. The van der Waals surface area contributed by atoms with Gasteiger partial charge >= 0.3 is 5.97 Å². The van der Waals surface area contributed by atoms with Crippen molar-refractivity contribution in [3.63, 3.8) is 0 Å². The van der Waals surface area contributed by atoms with Crippen molar-refractivity contribution in [2.45, 2.75) is 65.2 Å². The number of carbonyl (C=O) groups is 1. The Labute approximate surface area is 136 Å². The second-order valence-corrected chi connectivity index (χ2v) is 6.20. The zero-order valence-corrected chi connectivity index (χ0v) is 15.5. The molecule has 20 heavy (non-hydrogen) atoms. The number of quaternary nitrogens is 1. The second kappa shape index (κ2) is 13.9. The lowest BCUT2D eigenvalue weighted by Gasteiger charge is -2.29. The van der Waals surface area contributed by atoms with Gasteiger partial charge in [-0.15, -0.1) is 0 Å². The number of nitrogens with zero attached hydrogens (tertiary/aromatic N) is 1. The Hall–Kier alpha value is -0.0900. The highest BCUT2D eigenvalue weighted by molar-refractivity contribution is 5.65. The summed E-state index contributed by atoms with van der Waals surface area (Å²) in [5.41, 5.74) is 0. The molecule has 0 rings (SSSR count). The smallest absolute Gasteiger partial charge is 0.302 e. The molecule has 0 aliphatic heterocycles. The van der Waals surface area contributed by atoms with Crippen molar-refractivity contribution in [2.24, 2.45) is 0 Å². The summed E-state index contributed by atoms with van der Waals surface area (Å²) in [5.74, 6) is -0.174.